The van der Waals surface area contributed by atoms with Crippen LogP contribution >= 0.6 is 23.5 Å². The van der Waals surface area contributed by atoms with E-state index in [4.69, 9.17) is 14.7 Å². The van der Waals surface area contributed by atoms with Crippen LogP contribution in [0.25, 0.3) is 0 Å². The lowest BCUT2D eigenvalue weighted by molar-refractivity contribution is -0.0870. The van der Waals surface area contributed by atoms with Gasteiger partial charge < -0.3 is 24.9 Å². The molecular formula is C4H13N2O10P3. The van der Waals surface area contributed by atoms with Crippen molar-refractivity contribution in [2.75, 3.05) is 26.2 Å². The van der Waals surface area contributed by atoms with Gasteiger partial charge in [0.15, 0.2) is 0 Å². The van der Waals surface area contributed by atoms with Gasteiger partial charge >= 0.3 is 23.5 Å². The van der Waals surface area contributed by atoms with E-state index in [2.05, 4.69) is 18.6 Å². The second-order valence-corrected chi connectivity index (χ2v) is 7.68. The van der Waals surface area contributed by atoms with Crippen LogP contribution in [0.5, 0.6) is 0 Å². The van der Waals surface area contributed by atoms with Crippen molar-refractivity contribution in [1.29, 1.82) is 0 Å². The van der Waals surface area contributed by atoms with Crippen molar-refractivity contribution in [2.24, 2.45) is 0 Å². The molecule has 1 aliphatic rings. The molecule has 19 heavy (non-hydrogen) atoms. The molecule has 114 valence electrons. The number of nitrogens with one attached hydrogen (secondary N) is 1. The second kappa shape index (κ2) is 6.40. The second-order valence-electron chi connectivity index (χ2n) is 3.35. The molecule has 1 rings (SSSR count). The molecule has 0 radical (unpaired) electrons. The number of hydroxylamine groups is 2. The maximum Gasteiger partial charge on any atom is 0.497 e. The number of hydrogen-bond acceptors (Lipinski definition) is 8. The van der Waals surface area contributed by atoms with Gasteiger partial charge in [-0.25, -0.2) is 13.7 Å². The normalized spacial score (nSPS) is 24.6. The van der Waals surface area contributed by atoms with Gasteiger partial charge in [-0.2, -0.15) is 18.3 Å². The Hall–Kier alpha value is 0.330. The summed E-state index contributed by atoms with van der Waals surface area (Å²) in [6.07, 6.45) is 0. The average molecular weight is 342 g/mol. The fraction of sp³-hybridized carbons (Fsp3) is 1.00. The maximum absolute atomic E-state index is 11.4. The monoisotopic (exact) mass is 342 g/mol. The molecule has 1 fully saturated rings. The van der Waals surface area contributed by atoms with Crippen molar-refractivity contribution < 1.29 is 46.5 Å². The Kier molecular flexibility index (Phi) is 5.85. The highest BCUT2D eigenvalue weighted by Gasteiger charge is 2.41. The summed E-state index contributed by atoms with van der Waals surface area (Å²) in [6.45, 7) is 1.33. The number of hydrogen-bond donors (Lipinski definition) is 5. The van der Waals surface area contributed by atoms with Crippen LogP contribution < -0.4 is 5.32 Å². The van der Waals surface area contributed by atoms with Crippen molar-refractivity contribution in [1.82, 2.24) is 10.4 Å². The Balaban J connectivity index is 2.60. The first-order chi connectivity index (χ1) is 8.49. The quantitative estimate of drug-likeness (QED) is 0.379. The highest BCUT2D eigenvalue weighted by molar-refractivity contribution is 7.66. The van der Waals surface area contributed by atoms with Crippen molar-refractivity contribution in [2.45, 2.75) is 0 Å². The third kappa shape index (κ3) is 7.62. The number of rotatable bonds is 6. The van der Waals surface area contributed by atoms with E-state index in [0.29, 0.717) is 13.1 Å². The Morgan fingerprint density at radius 2 is 1.42 bits per heavy atom. The Labute approximate surface area is 107 Å². The molecule has 15 heteroatoms. The van der Waals surface area contributed by atoms with Gasteiger partial charge in [0, 0.05) is 26.2 Å². The summed E-state index contributed by atoms with van der Waals surface area (Å²) >= 11 is 0. The van der Waals surface area contributed by atoms with E-state index in [-0.39, 0.29) is 13.1 Å². The van der Waals surface area contributed by atoms with Crippen LogP contribution in [0.4, 0.5) is 0 Å². The molecule has 0 bridgehead atoms. The van der Waals surface area contributed by atoms with Gasteiger partial charge in [0.25, 0.3) is 0 Å². The lowest BCUT2D eigenvalue weighted by Gasteiger charge is -2.27. The minimum Gasteiger partial charge on any atom is -0.314 e. The highest BCUT2D eigenvalue weighted by atomic mass is 31.3. The van der Waals surface area contributed by atoms with Crippen LogP contribution in [0, 0.1) is 0 Å². The van der Waals surface area contributed by atoms with E-state index < -0.39 is 23.5 Å². The molecule has 0 aromatic rings. The first-order valence-electron chi connectivity index (χ1n) is 4.78. The summed E-state index contributed by atoms with van der Waals surface area (Å²) in [5.74, 6) is 0. The zero-order chi connectivity index (χ0) is 14.7. The molecule has 2 atom stereocenters. The number of piperazine rings is 1. The van der Waals surface area contributed by atoms with Gasteiger partial charge in [0.1, 0.15) is 0 Å². The molecular weight excluding hydrogens is 329 g/mol. The Morgan fingerprint density at radius 1 is 0.895 bits per heavy atom. The predicted octanol–water partition coefficient (Wildman–Crippen LogP) is -0.850. The molecule has 12 nitrogen and oxygen atoms in total. The molecule has 0 spiro atoms. The van der Waals surface area contributed by atoms with Crippen LogP contribution in [0.2, 0.25) is 0 Å². The van der Waals surface area contributed by atoms with Crippen LogP contribution in [0.15, 0.2) is 0 Å². The molecule has 2 unspecified atom stereocenters. The molecule has 1 aliphatic heterocycles. The van der Waals surface area contributed by atoms with Crippen LogP contribution in [0.1, 0.15) is 0 Å². The summed E-state index contributed by atoms with van der Waals surface area (Å²) < 4.78 is 44.3. The Morgan fingerprint density at radius 3 is 1.89 bits per heavy atom. The summed E-state index contributed by atoms with van der Waals surface area (Å²) in [7, 11) is -15.9. The van der Waals surface area contributed by atoms with E-state index in [1.165, 1.54) is 0 Å². The van der Waals surface area contributed by atoms with Gasteiger partial charge in [-0.05, 0) is 0 Å². The topological polar surface area (TPSA) is 175 Å². The first-order valence-corrected chi connectivity index (χ1v) is 9.30. The fourth-order valence-electron chi connectivity index (χ4n) is 1.17. The first kappa shape index (κ1) is 17.4. The molecule has 1 heterocycles. The van der Waals surface area contributed by atoms with E-state index in [1.54, 1.807) is 0 Å². The van der Waals surface area contributed by atoms with E-state index in [1.807, 2.05) is 0 Å². The summed E-state index contributed by atoms with van der Waals surface area (Å²) in [6, 6.07) is 0. The maximum atomic E-state index is 11.4. The molecule has 0 aliphatic carbocycles. The largest absolute Gasteiger partial charge is 0.497 e. The molecule has 1 saturated heterocycles. The van der Waals surface area contributed by atoms with Crippen molar-refractivity contribution >= 4 is 23.5 Å². The molecule has 0 aromatic carbocycles. The van der Waals surface area contributed by atoms with Crippen LogP contribution in [-0.4, -0.2) is 50.8 Å². The SMILES string of the molecule is O=P(O)(O)OP(=O)(O)OP(=O)(O)ON1CCNCC1. The van der Waals surface area contributed by atoms with Crippen molar-refractivity contribution in [3.05, 3.63) is 0 Å². The molecule has 0 saturated carbocycles. The summed E-state index contributed by atoms with van der Waals surface area (Å²) in [5, 5.41) is 3.92. The lowest BCUT2D eigenvalue weighted by atomic mass is 10.4. The predicted molar refractivity (Wildman–Crippen MR) is 59.4 cm³/mol. The van der Waals surface area contributed by atoms with E-state index >= 15 is 0 Å². The van der Waals surface area contributed by atoms with Crippen molar-refractivity contribution in [3.63, 3.8) is 0 Å². The molecule has 0 aromatic heterocycles. The minimum atomic E-state index is -5.45. The molecule has 5 N–H and O–H groups in total. The zero-order valence-corrected chi connectivity index (χ0v) is 12.0. The summed E-state index contributed by atoms with van der Waals surface area (Å²) in [5.41, 5.74) is 0. The number of phosphoric acid groups is 3. The van der Waals surface area contributed by atoms with E-state index in [0.717, 1.165) is 5.06 Å². The van der Waals surface area contributed by atoms with Gasteiger partial charge in [-0.3, -0.25) is 0 Å². The average Bonchev–Trinajstić information content (AvgIpc) is 2.11. The fourth-order valence-corrected chi connectivity index (χ4v) is 4.25. The van der Waals surface area contributed by atoms with Crippen molar-refractivity contribution in [3.8, 4) is 0 Å². The molecule has 0 amide bonds. The number of nitrogens with zero attached hydrogens (tertiary/aromatic N) is 1. The Bertz CT molecular complexity index is 442. The highest BCUT2D eigenvalue weighted by Crippen LogP contribution is 2.66. The minimum absolute atomic E-state index is 0.211. The van der Waals surface area contributed by atoms with Gasteiger partial charge in [0.2, 0.25) is 0 Å². The van der Waals surface area contributed by atoms with Crippen LogP contribution in [0.3, 0.4) is 0 Å². The van der Waals surface area contributed by atoms with Crippen LogP contribution in [-0.2, 0) is 26.9 Å². The van der Waals surface area contributed by atoms with Gasteiger partial charge in [0.05, 0.1) is 0 Å². The zero-order valence-electron chi connectivity index (χ0n) is 9.36. The van der Waals surface area contributed by atoms with Gasteiger partial charge in [-0.1, -0.05) is 0 Å². The lowest BCUT2D eigenvalue weighted by Crippen LogP contribution is -2.42. The third-order valence-corrected chi connectivity index (χ3v) is 5.48. The van der Waals surface area contributed by atoms with E-state index in [9.17, 15) is 18.6 Å². The third-order valence-electron chi connectivity index (χ3n) is 1.71. The standard InChI is InChI=1S/C4H13N2O10P3/c7-17(8,9)15-19(12,13)16-18(10,11)14-6-3-1-5-2-4-6/h5H,1-4H2,(H,10,11)(H,12,13)(H2,7,8,9). The van der Waals surface area contributed by atoms with Gasteiger partial charge in [-0.15, -0.1) is 0 Å². The smallest absolute Gasteiger partial charge is 0.314 e. The summed E-state index contributed by atoms with van der Waals surface area (Å²) in [4.78, 5) is 34.7.